The van der Waals surface area contributed by atoms with Crippen LogP contribution in [0.25, 0.3) is 11.4 Å². The number of hydrogen-bond donors (Lipinski definition) is 1. The van der Waals surface area contributed by atoms with Gasteiger partial charge in [-0.05, 0) is 31.0 Å². The van der Waals surface area contributed by atoms with Crippen molar-refractivity contribution in [2.45, 2.75) is 31.6 Å². The number of anilines is 1. The summed E-state index contributed by atoms with van der Waals surface area (Å²) in [7, 11) is 0. The molecule has 0 atom stereocenters. The summed E-state index contributed by atoms with van der Waals surface area (Å²) in [5.41, 5.74) is 7.75. The van der Waals surface area contributed by atoms with E-state index in [1.54, 1.807) is 18.2 Å². The van der Waals surface area contributed by atoms with Gasteiger partial charge in [0.2, 0.25) is 0 Å². The first kappa shape index (κ1) is 13.7. The lowest BCUT2D eigenvalue weighted by atomic mass is 10.0. The van der Waals surface area contributed by atoms with Crippen molar-refractivity contribution in [3.63, 3.8) is 0 Å². The highest BCUT2D eigenvalue weighted by Crippen LogP contribution is 2.34. The summed E-state index contributed by atoms with van der Waals surface area (Å²) in [6.45, 7) is 0. The van der Waals surface area contributed by atoms with Crippen LogP contribution in [0.3, 0.4) is 0 Å². The molecular weight excluding hydrogens is 293 g/mol. The van der Waals surface area contributed by atoms with E-state index in [0.29, 0.717) is 27.6 Å². The molecule has 1 fully saturated rings. The van der Waals surface area contributed by atoms with Gasteiger partial charge in [0.15, 0.2) is 5.82 Å². The third-order valence-electron chi connectivity index (χ3n) is 3.66. The molecule has 1 saturated carbocycles. The first-order chi connectivity index (χ1) is 9.61. The van der Waals surface area contributed by atoms with Crippen molar-refractivity contribution in [3.8, 4) is 11.4 Å². The number of nitrogens with zero attached hydrogens (tertiary/aromatic N) is 2. The molecule has 0 radical (unpaired) electrons. The third kappa shape index (κ3) is 2.89. The molecule has 2 N–H and O–H groups in total. The van der Waals surface area contributed by atoms with E-state index in [4.69, 9.17) is 28.9 Å². The summed E-state index contributed by atoms with van der Waals surface area (Å²) in [5, 5.41) is 1.14. The average Bonchev–Trinajstić information content (AvgIpc) is 2.90. The molecule has 1 aromatic carbocycles. The molecule has 5 heteroatoms. The lowest BCUT2D eigenvalue weighted by molar-refractivity contribution is 0.696. The van der Waals surface area contributed by atoms with Gasteiger partial charge >= 0.3 is 0 Å². The highest BCUT2D eigenvalue weighted by molar-refractivity contribution is 6.35. The molecule has 3 nitrogen and oxygen atoms in total. The van der Waals surface area contributed by atoms with Gasteiger partial charge in [-0.15, -0.1) is 0 Å². The third-order valence-corrected chi connectivity index (χ3v) is 4.10. The van der Waals surface area contributed by atoms with E-state index in [1.807, 2.05) is 6.07 Å². The summed E-state index contributed by atoms with van der Waals surface area (Å²) >= 11 is 12.1. The zero-order valence-corrected chi connectivity index (χ0v) is 12.5. The number of rotatable bonds is 2. The molecule has 0 bridgehead atoms. The number of nitrogen functional groups attached to an aromatic ring is 1. The van der Waals surface area contributed by atoms with Crippen LogP contribution in [-0.2, 0) is 0 Å². The normalized spacial score (nSPS) is 15.7. The molecular formula is C15H15Cl2N3. The Kier molecular flexibility index (Phi) is 3.81. The molecule has 0 saturated heterocycles. The zero-order valence-electron chi connectivity index (χ0n) is 10.9. The maximum Gasteiger partial charge on any atom is 0.161 e. The van der Waals surface area contributed by atoms with Crippen LogP contribution in [0.15, 0.2) is 24.3 Å². The minimum atomic E-state index is 0.494. The molecule has 1 aliphatic carbocycles. The standard InChI is InChI=1S/C15H15Cl2N3/c16-11-5-10(6-12(17)7-11)15-19-13(8-14(18)20-15)9-3-1-2-4-9/h5-9H,1-4H2,(H2,18,19,20). The van der Waals surface area contributed by atoms with Crippen LogP contribution in [0.4, 0.5) is 5.82 Å². The predicted octanol–water partition coefficient (Wildman–Crippen LogP) is 4.69. The van der Waals surface area contributed by atoms with Crippen molar-refractivity contribution < 1.29 is 0 Å². The predicted molar refractivity (Wildman–Crippen MR) is 83.1 cm³/mol. The van der Waals surface area contributed by atoms with Crippen molar-refractivity contribution in [3.05, 3.63) is 40.0 Å². The Morgan fingerprint density at radius 1 is 0.950 bits per heavy atom. The van der Waals surface area contributed by atoms with Crippen molar-refractivity contribution in [2.24, 2.45) is 0 Å². The van der Waals surface area contributed by atoms with Gasteiger partial charge in [-0.2, -0.15) is 0 Å². The minimum Gasteiger partial charge on any atom is -0.384 e. The zero-order chi connectivity index (χ0) is 14.1. The maximum absolute atomic E-state index is 6.04. The van der Waals surface area contributed by atoms with Crippen LogP contribution < -0.4 is 5.73 Å². The van der Waals surface area contributed by atoms with Gasteiger partial charge in [0.25, 0.3) is 0 Å². The smallest absolute Gasteiger partial charge is 0.161 e. The number of hydrogen-bond acceptors (Lipinski definition) is 3. The molecule has 20 heavy (non-hydrogen) atoms. The van der Waals surface area contributed by atoms with Gasteiger partial charge in [0, 0.05) is 33.3 Å². The van der Waals surface area contributed by atoms with Crippen LogP contribution in [0.5, 0.6) is 0 Å². The van der Waals surface area contributed by atoms with Gasteiger partial charge in [-0.3, -0.25) is 0 Å². The fourth-order valence-corrected chi connectivity index (χ4v) is 3.25. The quantitative estimate of drug-likeness (QED) is 0.875. The number of aromatic nitrogens is 2. The second kappa shape index (κ2) is 5.58. The average molecular weight is 308 g/mol. The molecule has 0 amide bonds. The number of halogens is 2. The highest BCUT2D eigenvalue weighted by Gasteiger charge is 2.20. The topological polar surface area (TPSA) is 51.8 Å². The van der Waals surface area contributed by atoms with E-state index < -0.39 is 0 Å². The highest BCUT2D eigenvalue weighted by atomic mass is 35.5. The Balaban J connectivity index is 2.04. The van der Waals surface area contributed by atoms with Crippen molar-refractivity contribution in [1.82, 2.24) is 9.97 Å². The fourth-order valence-electron chi connectivity index (χ4n) is 2.73. The van der Waals surface area contributed by atoms with Crippen LogP contribution in [0, 0.1) is 0 Å². The van der Waals surface area contributed by atoms with E-state index in [1.165, 1.54) is 25.7 Å². The van der Waals surface area contributed by atoms with Crippen LogP contribution in [0.1, 0.15) is 37.3 Å². The van der Waals surface area contributed by atoms with E-state index in [0.717, 1.165) is 11.3 Å². The van der Waals surface area contributed by atoms with Crippen LogP contribution in [0.2, 0.25) is 10.0 Å². The Bertz CT molecular complexity index is 617. The molecule has 1 aliphatic rings. The molecule has 1 aromatic heterocycles. The molecule has 0 spiro atoms. The molecule has 0 unspecified atom stereocenters. The Labute approximate surface area is 128 Å². The van der Waals surface area contributed by atoms with Crippen LogP contribution in [-0.4, -0.2) is 9.97 Å². The molecule has 0 aliphatic heterocycles. The van der Waals surface area contributed by atoms with Crippen LogP contribution >= 0.6 is 23.2 Å². The van der Waals surface area contributed by atoms with Gasteiger partial charge in [0.1, 0.15) is 5.82 Å². The van der Waals surface area contributed by atoms with Crippen molar-refractivity contribution >= 4 is 29.0 Å². The Morgan fingerprint density at radius 3 is 2.25 bits per heavy atom. The molecule has 104 valence electrons. The first-order valence-corrected chi connectivity index (χ1v) is 7.48. The summed E-state index contributed by atoms with van der Waals surface area (Å²) in [6, 6.07) is 7.18. The van der Waals surface area contributed by atoms with Gasteiger partial charge in [-0.25, -0.2) is 9.97 Å². The maximum atomic E-state index is 6.04. The molecule has 3 rings (SSSR count). The second-order valence-corrected chi connectivity index (χ2v) is 6.05. The van der Waals surface area contributed by atoms with E-state index in [2.05, 4.69) is 9.97 Å². The number of benzene rings is 1. The number of nitrogens with two attached hydrogens (primary N) is 1. The molecule has 1 heterocycles. The summed E-state index contributed by atoms with van der Waals surface area (Å²) < 4.78 is 0. The van der Waals surface area contributed by atoms with Gasteiger partial charge < -0.3 is 5.73 Å². The van der Waals surface area contributed by atoms with Gasteiger partial charge in [0.05, 0.1) is 0 Å². The van der Waals surface area contributed by atoms with Crippen molar-refractivity contribution in [1.29, 1.82) is 0 Å². The Hall–Kier alpha value is -1.32. The SMILES string of the molecule is Nc1cc(C2CCCC2)nc(-c2cc(Cl)cc(Cl)c2)n1. The molecule has 2 aromatic rings. The lowest BCUT2D eigenvalue weighted by Gasteiger charge is -2.11. The summed E-state index contributed by atoms with van der Waals surface area (Å²) in [4.78, 5) is 8.97. The largest absolute Gasteiger partial charge is 0.384 e. The van der Waals surface area contributed by atoms with Gasteiger partial charge in [-0.1, -0.05) is 36.0 Å². The Morgan fingerprint density at radius 2 is 1.60 bits per heavy atom. The van der Waals surface area contributed by atoms with E-state index in [-0.39, 0.29) is 0 Å². The fraction of sp³-hybridized carbons (Fsp3) is 0.333. The van der Waals surface area contributed by atoms with E-state index in [9.17, 15) is 0 Å². The summed E-state index contributed by atoms with van der Waals surface area (Å²) in [6.07, 6.45) is 4.86. The lowest BCUT2D eigenvalue weighted by Crippen LogP contribution is -2.03. The van der Waals surface area contributed by atoms with E-state index >= 15 is 0 Å². The second-order valence-electron chi connectivity index (χ2n) is 5.18. The summed E-state index contributed by atoms with van der Waals surface area (Å²) in [5.74, 6) is 1.58. The first-order valence-electron chi connectivity index (χ1n) is 6.73. The minimum absolute atomic E-state index is 0.494. The monoisotopic (exact) mass is 307 g/mol. The van der Waals surface area contributed by atoms with Crippen molar-refractivity contribution in [2.75, 3.05) is 5.73 Å².